The number of rotatable bonds is 3. The van der Waals surface area contributed by atoms with E-state index >= 15 is 0 Å². The van der Waals surface area contributed by atoms with Crippen molar-refractivity contribution in [1.29, 1.82) is 0 Å². The number of halogens is 2. The lowest BCUT2D eigenvalue weighted by molar-refractivity contribution is 0.0697. The van der Waals surface area contributed by atoms with Crippen LogP contribution in [-0.2, 0) is 0 Å². The molecule has 100 valence electrons. The van der Waals surface area contributed by atoms with Gasteiger partial charge in [0.05, 0.1) is 11.4 Å². The minimum atomic E-state index is -0.997. The molecular formula is C12H10BrClN2O2S. The molecule has 0 aliphatic rings. The molecule has 0 atom stereocenters. The summed E-state index contributed by atoms with van der Waals surface area (Å²) in [6.45, 7) is 3.57. The van der Waals surface area contributed by atoms with Crippen molar-refractivity contribution in [2.45, 2.75) is 13.8 Å². The van der Waals surface area contributed by atoms with Crippen molar-refractivity contribution < 1.29 is 9.90 Å². The fraction of sp³-hybridized carbons (Fsp3) is 0.167. The molecule has 0 amide bonds. The molecule has 2 aromatic rings. The van der Waals surface area contributed by atoms with E-state index in [4.69, 9.17) is 11.6 Å². The van der Waals surface area contributed by atoms with Gasteiger partial charge < -0.3 is 10.4 Å². The van der Waals surface area contributed by atoms with E-state index in [1.54, 1.807) is 13.0 Å². The number of aromatic nitrogens is 1. The molecule has 2 rings (SSSR count). The average molecular weight is 362 g/mol. The summed E-state index contributed by atoms with van der Waals surface area (Å²) in [7, 11) is 0. The van der Waals surface area contributed by atoms with Gasteiger partial charge in [0.15, 0.2) is 0 Å². The van der Waals surface area contributed by atoms with Crippen molar-refractivity contribution in [1.82, 2.24) is 4.37 Å². The zero-order valence-electron chi connectivity index (χ0n) is 10.1. The lowest BCUT2D eigenvalue weighted by atomic mass is 10.2. The highest BCUT2D eigenvalue weighted by Gasteiger charge is 2.18. The van der Waals surface area contributed by atoms with Crippen LogP contribution in [0.15, 0.2) is 16.6 Å². The number of hydrogen-bond acceptors (Lipinski definition) is 4. The lowest BCUT2D eigenvalue weighted by Crippen LogP contribution is -2.01. The number of aryl methyl sites for hydroxylation is 2. The van der Waals surface area contributed by atoms with E-state index in [2.05, 4.69) is 25.6 Å². The maximum absolute atomic E-state index is 11.2. The SMILES string of the molecule is Cc1cc(Br)c(Nc2snc(C)c2C(=O)O)cc1Cl. The monoisotopic (exact) mass is 360 g/mol. The molecule has 0 aliphatic heterocycles. The summed E-state index contributed by atoms with van der Waals surface area (Å²) >= 11 is 10.6. The number of carbonyl (C=O) groups is 1. The molecule has 0 radical (unpaired) electrons. The van der Waals surface area contributed by atoms with E-state index in [0.717, 1.165) is 21.6 Å². The fourth-order valence-corrected chi connectivity index (χ4v) is 3.09. The van der Waals surface area contributed by atoms with Crippen LogP contribution in [0.1, 0.15) is 21.6 Å². The standard InChI is InChI=1S/C12H10BrClN2O2S/c1-5-3-7(13)9(4-8(5)14)15-11-10(12(17)18)6(2)16-19-11/h3-4,15H,1-2H3,(H,17,18). The number of nitrogens with one attached hydrogen (secondary N) is 1. The number of carboxylic acids is 1. The van der Waals surface area contributed by atoms with Gasteiger partial charge in [-0.3, -0.25) is 0 Å². The molecule has 0 saturated heterocycles. The maximum atomic E-state index is 11.2. The number of aromatic carboxylic acids is 1. The van der Waals surface area contributed by atoms with Gasteiger partial charge in [-0.15, -0.1) is 0 Å². The van der Waals surface area contributed by atoms with Gasteiger partial charge >= 0.3 is 5.97 Å². The summed E-state index contributed by atoms with van der Waals surface area (Å²) in [6.07, 6.45) is 0. The predicted octanol–water partition coefficient (Wildman–Crippen LogP) is 4.62. The number of hydrogen-bond donors (Lipinski definition) is 2. The first kappa shape index (κ1) is 14.3. The molecule has 0 fully saturated rings. The summed E-state index contributed by atoms with van der Waals surface area (Å²) in [5.41, 5.74) is 2.34. The summed E-state index contributed by atoms with van der Waals surface area (Å²) in [5.74, 6) is -0.997. The lowest BCUT2D eigenvalue weighted by Gasteiger charge is -2.09. The van der Waals surface area contributed by atoms with Crippen LogP contribution in [0.2, 0.25) is 5.02 Å². The van der Waals surface area contributed by atoms with Gasteiger partial charge in [0.2, 0.25) is 0 Å². The van der Waals surface area contributed by atoms with Crippen molar-refractivity contribution in [3.05, 3.63) is 38.4 Å². The molecule has 0 bridgehead atoms. The first-order chi connectivity index (χ1) is 8.90. The number of anilines is 2. The van der Waals surface area contributed by atoms with E-state index in [1.807, 2.05) is 13.0 Å². The van der Waals surface area contributed by atoms with Crippen molar-refractivity contribution in [3.63, 3.8) is 0 Å². The van der Waals surface area contributed by atoms with Crippen molar-refractivity contribution >= 4 is 55.7 Å². The molecule has 1 heterocycles. The minimum Gasteiger partial charge on any atom is -0.478 e. The van der Waals surface area contributed by atoms with Gasteiger partial charge in [-0.05, 0) is 59.0 Å². The quantitative estimate of drug-likeness (QED) is 0.837. The summed E-state index contributed by atoms with van der Waals surface area (Å²) in [6, 6.07) is 3.63. The zero-order valence-corrected chi connectivity index (χ0v) is 13.3. The number of nitrogens with zero attached hydrogens (tertiary/aromatic N) is 1. The van der Waals surface area contributed by atoms with Crippen LogP contribution in [0.25, 0.3) is 0 Å². The molecule has 4 nitrogen and oxygen atoms in total. The molecule has 0 spiro atoms. The molecule has 1 aromatic carbocycles. The Morgan fingerprint density at radius 1 is 1.47 bits per heavy atom. The van der Waals surface area contributed by atoms with Gasteiger partial charge in [0.25, 0.3) is 0 Å². The highest BCUT2D eigenvalue weighted by molar-refractivity contribution is 9.10. The average Bonchev–Trinajstić information content (AvgIpc) is 2.67. The van der Waals surface area contributed by atoms with Crippen LogP contribution in [0.4, 0.5) is 10.7 Å². The van der Waals surface area contributed by atoms with Crippen LogP contribution in [0.3, 0.4) is 0 Å². The first-order valence-electron chi connectivity index (χ1n) is 5.32. The normalized spacial score (nSPS) is 10.5. The van der Waals surface area contributed by atoms with Gasteiger partial charge in [0, 0.05) is 9.50 Å². The molecule has 1 aromatic heterocycles. The summed E-state index contributed by atoms with van der Waals surface area (Å²) in [4.78, 5) is 11.2. The van der Waals surface area contributed by atoms with Crippen LogP contribution in [0, 0.1) is 13.8 Å². The smallest absolute Gasteiger partial charge is 0.340 e. The highest BCUT2D eigenvalue weighted by atomic mass is 79.9. The molecule has 0 saturated carbocycles. The van der Waals surface area contributed by atoms with Crippen LogP contribution >= 0.6 is 39.1 Å². The van der Waals surface area contributed by atoms with Crippen LogP contribution in [-0.4, -0.2) is 15.4 Å². The molecule has 0 unspecified atom stereocenters. The molecule has 19 heavy (non-hydrogen) atoms. The van der Waals surface area contributed by atoms with E-state index in [-0.39, 0.29) is 5.56 Å². The van der Waals surface area contributed by atoms with E-state index in [0.29, 0.717) is 21.4 Å². The summed E-state index contributed by atoms with van der Waals surface area (Å²) in [5, 5.41) is 13.3. The Morgan fingerprint density at radius 3 is 2.79 bits per heavy atom. The highest BCUT2D eigenvalue weighted by Crippen LogP contribution is 2.34. The second-order valence-electron chi connectivity index (χ2n) is 3.98. The second-order valence-corrected chi connectivity index (χ2v) is 6.02. The van der Waals surface area contributed by atoms with Crippen LogP contribution < -0.4 is 5.32 Å². The Balaban J connectivity index is 2.42. The Morgan fingerprint density at radius 2 is 2.16 bits per heavy atom. The Kier molecular flexibility index (Phi) is 4.13. The zero-order chi connectivity index (χ0) is 14.2. The van der Waals surface area contributed by atoms with Crippen LogP contribution in [0.5, 0.6) is 0 Å². The van der Waals surface area contributed by atoms with Crippen molar-refractivity contribution in [2.75, 3.05) is 5.32 Å². The Bertz CT molecular complexity index is 657. The number of carboxylic acid groups (broad SMARTS) is 1. The third-order valence-corrected chi connectivity index (χ3v) is 4.49. The molecule has 7 heteroatoms. The van der Waals surface area contributed by atoms with Crippen molar-refractivity contribution in [2.24, 2.45) is 0 Å². The minimum absolute atomic E-state index is 0.189. The molecule has 0 aliphatic carbocycles. The Hall–Kier alpha value is -1.11. The Labute approximate surface area is 127 Å². The number of benzene rings is 1. The van der Waals surface area contributed by atoms with E-state index in [1.165, 1.54) is 0 Å². The molecule has 2 N–H and O–H groups in total. The van der Waals surface area contributed by atoms with E-state index < -0.39 is 5.97 Å². The first-order valence-corrected chi connectivity index (χ1v) is 7.27. The van der Waals surface area contributed by atoms with Gasteiger partial charge in [-0.1, -0.05) is 11.6 Å². The van der Waals surface area contributed by atoms with E-state index in [9.17, 15) is 9.90 Å². The second kappa shape index (κ2) is 5.48. The van der Waals surface area contributed by atoms with Crippen molar-refractivity contribution in [3.8, 4) is 0 Å². The maximum Gasteiger partial charge on any atom is 0.340 e. The van der Waals surface area contributed by atoms with Gasteiger partial charge in [-0.25, -0.2) is 4.79 Å². The third-order valence-electron chi connectivity index (χ3n) is 2.57. The largest absolute Gasteiger partial charge is 0.478 e. The molecular weight excluding hydrogens is 352 g/mol. The fourth-order valence-electron chi connectivity index (χ4n) is 1.57. The van der Waals surface area contributed by atoms with Gasteiger partial charge in [0.1, 0.15) is 10.6 Å². The van der Waals surface area contributed by atoms with Gasteiger partial charge in [-0.2, -0.15) is 4.37 Å². The predicted molar refractivity (Wildman–Crippen MR) is 81.0 cm³/mol. The summed E-state index contributed by atoms with van der Waals surface area (Å²) < 4.78 is 4.87. The third kappa shape index (κ3) is 2.91. The topological polar surface area (TPSA) is 62.2 Å².